The number of aromatic nitrogens is 1. The summed E-state index contributed by atoms with van der Waals surface area (Å²) in [4.78, 5) is 38.7. The summed E-state index contributed by atoms with van der Waals surface area (Å²) in [5.74, 6) is -1.53. The number of carbonyl (C=O) groups excluding carboxylic acids is 3. The minimum atomic E-state index is -0.839. The SMILES string of the molecule is C[C@H](NC(=O)CN)C(=O)N[C@H](C)C(=O)OCc1ccccn1. The van der Waals surface area contributed by atoms with E-state index in [2.05, 4.69) is 15.6 Å². The van der Waals surface area contributed by atoms with Crippen LogP contribution >= 0.6 is 0 Å². The van der Waals surface area contributed by atoms with E-state index in [0.29, 0.717) is 5.69 Å². The average Bonchev–Trinajstić information content (AvgIpc) is 2.53. The van der Waals surface area contributed by atoms with Crippen LogP contribution in [0.1, 0.15) is 19.5 Å². The molecule has 2 amide bonds. The van der Waals surface area contributed by atoms with Crippen LogP contribution in [0.3, 0.4) is 0 Å². The number of amides is 2. The molecule has 1 rings (SSSR count). The average molecular weight is 308 g/mol. The predicted octanol–water partition coefficient (Wildman–Crippen LogP) is -0.907. The van der Waals surface area contributed by atoms with E-state index in [1.54, 1.807) is 24.4 Å². The van der Waals surface area contributed by atoms with Crippen molar-refractivity contribution in [3.8, 4) is 0 Å². The van der Waals surface area contributed by atoms with Gasteiger partial charge in [-0.15, -0.1) is 0 Å². The van der Waals surface area contributed by atoms with Gasteiger partial charge < -0.3 is 21.1 Å². The lowest BCUT2D eigenvalue weighted by atomic mass is 10.2. The van der Waals surface area contributed by atoms with Gasteiger partial charge >= 0.3 is 5.97 Å². The maximum absolute atomic E-state index is 11.8. The van der Waals surface area contributed by atoms with Crippen molar-refractivity contribution in [2.75, 3.05) is 6.54 Å². The van der Waals surface area contributed by atoms with E-state index in [1.165, 1.54) is 13.8 Å². The second-order valence-corrected chi connectivity index (χ2v) is 4.65. The highest BCUT2D eigenvalue weighted by molar-refractivity contribution is 5.90. The molecule has 1 aromatic heterocycles. The minimum absolute atomic E-state index is 0.0271. The molecule has 8 nitrogen and oxygen atoms in total. The van der Waals surface area contributed by atoms with Crippen molar-refractivity contribution in [1.82, 2.24) is 15.6 Å². The lowest BCUT2D eigenvalue weighted by Gasteiger charge is -2.17. The summed E-state index contributed by atoms with van der Waals surface area (Å²) in [7, 11) is 0. The summed E-state index contributed by atoms with van der Waals surface area (Å²) < 4.78 is 5.05. The van der Waals surface area contributed by atoms with E-state index < -0.39 is 29.9 Å². The summed E-state index contributed by atoms with van der Waals surface area (Å²) >= 11 is 0. The molecule has 0 aliphatic heterocycles. The Morgan fingerprint density at radius 2 is 1.95 bits per heavy atom. The molecule has 120 valence electrons. The van der Waals surface area contributed by atoms with Gasteiger partial charge in [0.1, 0.15) is 18.7 Å². The number of rotatable bonds is 7. The van der Waals surface area contributed by atoms with Gasteiger partial charge in [0, 0.05) is 6.20 Å². The number of hydrogen-bond acceptors (Lipinski definition) is 6. The molecule has 0 saturated heterocycles. The van der Waals surface area contributed by atoms with E-state index in [1.807, 2.05) is 0 Å². The molecule has 0 aromatic carbocycles. The van der Waals surface area contributed by atoms with Crippen molar-refractivity contribution in [2.45, 2.75) is 32.5 Å². The number of nitrogens with two attached hydrogens (primary N) is 1. The predicted molar refractivity (Wildman–Crippen MR) is 78.3 cm³/mol. The quantitative estimate of drug-likeness (QED) is 0.560. The van der Waals surface area contributed by atoms with Crippen molar-refractivity contribution < 1.29 is 19.1 Å². The van der Waals surface area contributed by atoms with Gasteiger partial charge in [0.05, 0.1) is 12.2 Å². The van der Waals surface area contributed by atoms with E-state index in [4.69, 9.17) is 10.5 Å². The maximum Gasteiger partial charge on any atom is 0.328 e. The number of carbonyl (C=O) groups is 3. The van der Waals surface area contributed by atoms with Crippen LogP contribution in [0.2, 0.25) is 0 Å². The third kappa shape index (κ3) is 5.88. The van der Waals surface area contributed by atoms with Crippen molar-refractivity contribution >= 4 is 17.8 Å². The van der Waals surface area contributed by atoms with Gasteiger partial charge in [-0.05, 0) is 26.0 Å². The molecular formula is C14H20N4O4. The van der Waals surface area contributed by atoms with Gasteiger partial charge in [-0.2, -0.15) is 0 Å². The van der Waals surface area contributed by atoms with Crippen LogP contribution in [-0.4, -0.2) is 41.4 Å². The Hall–Kier alpha value is -2.48. The Morgan fingerprint density at radius 3 is 2.55 bits per heavy atom. The molecule has 0 spiro atoms. The fraction of sp³-hybridized carbons (Fsp3) is 0.429. The fourth-order valence-corrected chi connectivity index (χ4v) is 1.52. The molecule has 0 bridgehead atoms. The Labute approximate surface area is 128 Å². The summed E-state index contributed by atoms with van der Waals surface area (Å²) in [6.45, 7) is 2.81. The summed E-state index contributed by atoms with van der Waals surface area (Å²) in [5, 5.41) is 4.85. The van der Waals surface area contributed by atoms with Gasteiger partial charge in [-0.25, -0.2) is 4.79 Å². The summed E-state index contributed by atoms with van der Waals surface area (Å²) in [6.07, 6.45) is 1.59. The Kier molecular flexibility index (Phi) is 6.97. The molecule has 0 unspecified atom stereocenters. The van der Waals surface area contributed by atoms with Gasteiger partial charge in [0.15, 0.2) is 0 Å². The molecule has 8 heteroatoms. The zero-order chi connectivity index (χ0) is 16.5. The lowest BCUT2D eigenvalue weighted by Crippen LogP contribution is -2.50. The van der Waals surface area contributed by atoms with Crippen molar-refractivity contribution in [2.24, 2.45) is 5.73 Å². The monoisotopic (exact) mass is 308 g/mol. The largest absolute Gasteiger partial charge is 0.458 e. The molecule has 0 aliphatic carbocycles. The molecule has 1 aromatic rings. The first-order valence-corrected chi connectivity index (χ1v) is 6.80. The summed E-state index contributed by atoms with van der Waals surface area (Å²) in [6, 6.07) is 3.63. The molecule has 0 radical (unpaired) electrons. The Morgan fingerprint density at radius 1 is 1.23 bits per heavy atom. The first kappa shape index (κ1) is 17.6. The molecule has 0 aliphatic rings. The maximum atomic E-state index is 11.8. The van der Waals surface area contributed by atoms with Crippen molar-refractivity contribution in [3.63, 3.8) is 0 Å². The zero-order valence-electron chi connectivity index (χ0n) is 12.5. The Balaban J connectivity index is 2.40. The zero-order valence-corrected chi connectivity index (χ0v) is 12.5. The molecular weight excluding hydrogens is 288 g/mol. The van der Waals surface area contributed by atoms with Crippen LogP contribution in [0.5, 0.6) is 0 Å². The third-order valence-corrected chi connectivity index (χ3v) is 2.76. The molecule has 0 fully saturated rings. The second kappa shape index (κ2) is 8.73. The summed E-state index contributed by atoms with van der Waals surface area (Å²) in [5.41, 5.74) is 5.75. The highest BCUT2D eigenvalue weighted by atomic mass is 16.5. The Bertz CT molecular complexity index is 521. The molecule has 1 heterocycles. The van der Waals surface area contributed by atoms with E-state index in [9.17, 15) is 14.4 Å². The standard InChI is InChI=1S/C14H20N4O4/c1-9(17-12(19)7-15)13(20)18-10(2)14(21)22-8-11-5-3-4-6-16-11/h3-6,9-10H,7-8,15H2,1-2H3,(H,17,19)(H,18,20)/t9-,10+/m0/s1. The van der Waals surface area contributed by atoms with Crippen LogP contribution in [0, 0.1) is 0 Å². The second-order valence-electron chi connectivity index (χ2n) is 4.65. The van der Waals surface area contributed by atoms with Gasteiger partial charge in [0.2, 0.25) is 11.8 Å². The van der Waals surface area contributed by atoms with Crippen LogP contribution < -0.4 is 16.4 Å². The number of esters is 1. The molecule has 4 N–H and O–H groups in total. The van der Waals surface area contributed by atoms with E-state index >= 15 is 0 Å². The number of nitrogens with one attached hydrogen (secondary N) is 2. The fourth-order valence-electron chi connectivity index (χ4n) is 1.52. The van der Waals surface area contributed by atoms with E-state index in [-0.39, 0.29) is 13.2 Å². The van der Waals surface area contributed by atoms with Crippen molar-refractivity contribution in [1.29, 1.82) is 0 Å². The van der Waals surface area contributed by atoms with Crippen LogP contribution in [0.15, 0.2) is 24.4 Å². The minimum Gasteiger partial charge on any atom is -0.458 e. The molecule has 2 atom stereocenters. The van der Waals surface area contributed by atoms with Gasteiger partial charge in [0.25, 0.3) is 0 Å². The van der Waals surface area contributed by atoms with Crippen LogP contribution in [-0.2, 0) is 25.7 Å². The third-order valence-electron chi connectivity index (χ3n) is 2.76. The highest BCUT2D eigenvalue weighted by Gasteiger charge is 2.21. The van der Waals surface area contributed by atoms with Gasteiger partial charge in [-0.1, -0.05) is 6.07 Å². The smallest absolute Gasteiger partial charge is 0.328 e. The topological polar surface area (TPSA) is 123 Å². The lowest BCUT2D eigenvalue weighted by molar-refractivity contribution is -0.148. The van der Waals surface area contributed by atoms with Crippen LogP contribution in [0.4, 0.5) is 0 Å². The molecule has 0 saturated carbocycles. The number of nitrogens with zero attached hydrogens (tertiary/aromatic N) is 1. The van der Waals surface area contributed by atoms with Crippen LogP contribution in [0.25, 0.3) is 0 Å². The number of pyridine rings is 1. The number of ether oxygens (including phenoxy) is 1. The first-order chi connectivity index (χ1) is 10.4. The van der Waals surface area contributed by atoms with Crippen molar-refractivity contribution in [3.05, 3.63) is 30.1 Å². The molecule has 22 heavy (non-hydrogen) atoms. The van der Waals surface area contributed by atoms with Gasteiger partial charge in [-0.3, -0.25) is 14.6 Å². The first-order valence-electron chi connectivity index (χ1n) is 6.80. The normalized spacial score (nSPS) is 12.9. The highest BCUT2D eigenvalue weighted by Crippen LogP contribution is 1.98. The van der Waals surface area contributed by atoms with E-state index in [0.717, 1.165) is 0 Å². The number of hydrogen-bond donors (Lipinski definition) is 3.